The second-order valence-corrected chi connectivity index (χ2v) is 4.19. The van der Waals surface area contributed by atoms with Crippen LogP contribution in [-0.2, 0) is 11.0 Å². The third kappa shape index (κ3) is 5.84. The third-order valence-electron chi connectivity index (χ3n) is 2.35. The van der Waals surface area contributed by atoms with E-state index in [1.54, 1.807) is 6.92 Å². The van der Waals surface area contributed by atoms with Gasteiger partial charge in [-0.3, -0.25) is 4.79 Å². The van der Waals surface area contributed by atoms with Crippen molar-refractivity contribution in [3.8, 4) is 0 Å². The van der Waals surface area contributed by atoms with Crippen molar-refractivity contribution >= 4 is 17.7 Å². The Morgan fingerprint density at radius 2 is 1.95 bits per heavy atom. The van der Waals surface area contributed by atoms with Gasteiger partial charge in [-0.2, -0.15) is 18.2 Å². The van der Waals surface area contributed by atoms with Gasteiger partial charge >= 0.3 is 6.18 Å². The van der Waals surface area contributed by atoms with Crippen molar-refractivity contribution in [2.45, 2.75) is 26.4 Å². The third-order valence-corrected chi connectivity index (χ3v) is 2.35. The average Bonchev–Trinajstić information content (AvgIpc) is 2.42. The Bertz CT molecular complexity index is 478. The molecule has 0 atom stereocenters. The molecule has 1 aromatic heterocycles. The second kappa shape index (κ2) is 7.65. The predicted molar refractivity (Wildman–Crippen MR) is 73.0 cm³/mol. The molecule has 0 radical (unpaired) electrons. The molecule has 1 rings (SSSR count). The van der Waals surface area contributed by atoms with Gasteiger partial charge < -0.3 is 16.0 Å². The molecule has 1 amide bonds. The first-order valence-electron chi connectivity index (χ1n) is 6.57. The summed E-state index contributed by atoms with van der Waals surface area (Å²) in [5.41, 5.74) is -1.06. The molecule has 0 saturated heterocycles. The van der Waals surface area contributed by atoms with Gasteiger partial charge in [-0.1, -0.05) is 6.92 Å². The molecule has 1 aromatic rings. The summed E-state index contributed by atoms with van der Waals surface area (Å²) in [4.78, 5) is 18.7. The Kier molecular flexibility index (Phi) is 6.19. The van der Waals surface area contributed by atoms with Gasteiger partial charge in [0.15, 0.2) is 5.69 Å². The van der Waals surface area contributed by atoms with Crippen molar-refractivity contribution in [2.75, 3.05) is 30.3 Å². The molecule has 21 heavy (non-hydrogen) atoms. The molecule has 3 N–H and O–H groups in total. The molecular weight excluding hydrogens is 287 g/mol. The van der Waals surface area contributed by atoms with E-state index < -0.39 is 11.9 Å². The van der Waals surface area contributed by atoms with E-state index in [0.29, 0.717) is 13.1 Å². The minimum atomic E-state index is -4.58. The van der Waals surface area contributed by atoms with Crippen LogP contribution in [-0.4, -0.2) is 35.5 Å². The van der Waals surface area contributed by atoms with Gasteiger partial charge in [0.05, 0.1) is 6.54 Å². The number of alkyl halides is 3. The van der Waals surface area contributed by atoms with E-state index in [1.807, 2.05) is 6.92 Å². The number of carbonyl (C=O) groups excluding carboxylic acids is 1. The van der Waals surface area contributed by atoms with Crippen LogP contribution in [0.5, 0.6) is 0 Å². The molecule has 0 bridgehead atoms. The molecule has 6 nitrogen and oxygen atoms in total. The quantitative estimate of drug-likeness (QED) is 0.716. The standard InChI is InChI=1S/C12H18F3N5O/c1-3-5-17-10(21)7-18-9-6-8(12(13,14)15)19-11(20-9)16-4-2/h6H,3-5,7H2,1-2H3,(H,17,21)(H2,16,18,19,20). The molecule has 0 unspecified atom stereocenters. The summed E-state index contributed by atoms with van der Waals surface area (Å²) in [5.74, 6) is -0.502. The molecule has 0 aliphatic rings. The topological polar surface area (TPSA) is 78.9 Å². The van der Waals surface area contributed by atoms with E-state index in [-0.39, 0.29) is 24.2 Å². The Balaban J connectivity index is 2.80. The van der Waals surface area contributed by atoms with Crippen LogP contribution < -0.4 is 16.0 Å². The van der Waals surface area contributed by atoms with E-state index in [4.69, 9.17) is 0 Å². The fourth-order valence-corrected chi connectivity index (χ4v) is 1.42. The van der Waals surface area contributed by atoms with Gasteiger partial charge in [0.25, 0.3) is 0 Å². The number of anilines is 2. The van der Waals surface area contributed by atoms with Crippen molar-refractivity contribution in [1.82, 2.24) is 15.3 Å². The maximum atomic E-state index is 12.7. The SMILES string of the molecule is CCCNC(=O)CNc1cc(C(F)(F)F)nc(NCC)n1. The zero-order valence-corrected chi connectivity index (χ0v) is 11.8. The summed E-state index contributed by atoms with van der Waals surface area (Å²) in [6.07, 6.45) is -3.80. The van der Waals surface area contributed by atoms with E-state index in [0.717, 1.165) is 12.5 Å². The van der Waals surface area contributed by atoms with Crippen LogP contribution in [0, 0.1) is 0 Å². The normalized spacial score (nSPS) is 11.1. The lowest BCUT2D eigenvalue weighted by atomic mass is 10.3. The highest BCUT2D eigenvalue weighted by Gasteiger charge is 2.33. The number of rotatable bonds is 7. The summed E-state index contributed by atoms with van der Waals surface area (Å²) >= 11 is 0. The van der Waals surface area contributed by atoms with Crippen LogP contribution in [0.25, 0.3) is 0 Å². The highest BCUT2D eigenvalue weighted by Crippen LogP contribution is 2.29. The molecule has 0 aliphatic heterocycles. The van der Waals surface area contributed by atoms with Gasteiger partial charge in [-0.15, -0.1) is 0 Å². The fourth-order valence-electron chi connectivity index (χ4n) is 1.42. The van der Waals surface area contributed by atoms with Crippen molar-refractivity contribution in [3.63, 3.8) is 0 Å². The van der Waals surface area contributed by atoms with Gasteiger partial charge in [-0.05, 0) is 13.3 Å². The largest absolute Gasteiger partial charge is 0.433 e. The molecule has 9 heteroatoms. The van der Waals surface area contributed by atoms with Crippen molar-refractivity contribution in [3.05, 3.63) is 11.8 Å². The van der Waals surface area contributed by atoms with E-state index >= 15 is 0 Å². The minimum absolute atomic E-state index is 0.0556. The number of hydrogen-bond acceptors (Lipinski definition) is 5. The van der Waals surface area contributed by atoms with E-state index in [2.05, 4.69) is 25.9 Å². The van der Waals surface area contributed by atoms with Crippen molar-refractivity contribution in [1.29, 1.82) is 0 Å². The molecule has 0 aliphatic carbocycles. The summed E-state index contributed by atoms with van der Waals surface area (Å²) < 4.78 is 38.2. The number of hydrogen-bond donors (Lipinski definition) is 3. The summed E-state index contributed by atoms with van der Waals surface area (Å²) in [6.45, 7) is 4.36. The monoisotopic (exact) mass is 305 g/mol. The van der Waals surface area contributed by atoms with Gasteiger partial charge in [-0.25, -0.2) is 4.98 Å². The number of amides is 1. The predicted octanol–water partition coefficient (Wildman–Crippen LogP) is 1.87. The number of nitrogens with one attached hydrogen (secondary N) is 3. The lowest BCUT2D eigenvalue weighted by molar-refractivity contribution is -0.141. The Morgan fingerprint density at radius 3 is 2.52 bits per heavy atom. The number of nitrogens with zero attached hydrogens (tertiary/aromatic N) is 2. The van der Waals surface area contributed by atoms with Crippen LogP contribution in [0.1, 0.15) is 26.0 Å². The lowest BCUT2D eigenvalue weighted by Gasteiger charge is -2.12. The highest BCUT2D eigenvalue weighted by atomic mass is 19.4. The highest BCUT2D eigenvalue weighted by molar-refractivity contribution is 5.80. The van der Waals surface area contributed by atoms with Gasteiger partial charge in [0.2, 0.25) is 11.9 Å². The molecular formula is C12H18F3N5O. The van der Waals surface area contributed by atoms with Crippen LogP contribution in [0.2, 0.25) is 0 Å². The van der Waals surface area contributed by atoms with E-state index in [1.165, 1.54) is 0 Å². The zero-order chi connectivity index (χ0) is 15.9. The van der Waals surface area contributed by atoms with Crippen molar-refractivity contribution < 1.29 is 18.0 Å². The summed E-state index contributed by atoms with van der Waals surface area (Å²) in [7, 11) is 0. The summed E-state index contributed by atoms with van der Waals surface area (Å²) in [5, 5.41) is 7.79. The lowest BCUT2D eigenvalue weighted by Crippen LogP contribution is -2.30. The van der Waals surface area contributed by atoms with Crippen LogP contribution in [0.4, 0.5) is 24.9 Å². The second-order valence-electron chi connectivity index (χ2n) is 4.19. The average molecular weight is 305 g/mol. The first-order valence-corrected chi connectivity index (χ1v) is 6.57. The molecule has 118 valence electrons. The summed E-state index contributed by atoms with van der Waals surface area (Å²) in [6, 6.07) is 0.772. The minimum Gasteiger partial charge on any atom is -0.361 e. The van der Waals surface area contributed by atoms with Crippen LogP contribution >= 0.6 is 0 Å². The first-order chi connectivity index (χ1) is 9.86. The smallest absolute Gasteiger partial charge is 0.361 e. The number of aromatic nitrogens is 2. The Morgan fingerprint density at radius 1 is 1.24 bits per heavy atom. The Hall–Kier alpha value is -2.06. The maximum Gasteiger partial charge on any atom is 0.433 e. The fraction of sp³-hybridized carbons (Fsp3) is 0.583. The molecule has 0 saturated carbocycles. The Labute approximate surface area is 120 Å². The molecule has 0 fully saturated rings. The van der Waals surface area contributed by atoms with Crippen molar-refractivity contribution in [2.24, 2.45) is 0 Å². The van der Waals surface area contributed by atoms with Crippen LogP contribution in [0.15, 0.2) is 6.07 Å². The maximum absolute atomic E-state index is 12.7. The molecule has 0 aromatic carbocycles. The van der Waals surface area contributed by atoms with Gasteiger partial charge in [0, 0.05) is 19.2 Å². The van der Waals surface area contributed by atoms with Crippen LogP contribution in [0.3, 0.4) is 0 Å². The molecule has 0 spiro atoms. The van der Waals surface area contributed by atoms with E-state index in [9.17, 15) is 18.0 Å². The zero-order valence-electron chi connectivity index (χ0n) is 11.8. The first kappa shape index (κ1) is 17.0. The van der Waals surface area contributed by atoms with Gasteiger partial charge in [0.1, 0.15) is 5.82 Å². The number of halogens is 3. The molecule has 1 heterocycles. The number of carbonyl (C=O) groups is 1.